The Balaban J connectivity index is 2.41. The molecule has 0 aliphatic rings. The van der Waals surface area contributed by atoms with Crippen molar-refractivity contribution in [2.75, 3.05) is 40.3 Å². The van der Waals surface area contributed by atoms with Crippen LogP contribution in [0.15, 0.2) is 48.6 Å². The van der Waals surface area contributed by atoms with Crippen molar-refractivity contribution in [3.63, 3.8) is 0 Å². The molecule has 0 saturated carbocycles. The molecule has 7 nitrogen and oxygen atoms in total. The second kappa shape index (κ2) is 8.14. The van der Waals surface area contributed by atoms with Crippen LogP contribution in [-0.4, -0.2) is 56.2 Å². The van der Waals surface area contributed by atoms with E-state index < -0.39 is 5.97 Å². The zero-order chi connectivity index (χ0) is 18.4. The van der Waals surface area contributed by atoms with Gasteiger partial charge < -0.3 is 19.3 Å². The zero-order valence-corrected chi connectivity index (χ0v) is 15.1. The summed E-state index contributed by atoms with van der Waals surface area (Å²) >= 11 is 0. The van der Waals surface area contributed by atoms with E-state index in [1.807, 2.05) is 38.4 Å². The number of ether oxygens (including phenoxy) is 2. The molecule has 0 fully saturated rings. The molecule has 0 saturated heterocycles. The van der Waals surface area contributed by atoms with Gasteiger partial charge in [0.25, 0.3) is 0 Å². The molecule has 0 N–H and O–H groups in total. The third-order valence-corrected chi connectivity index (χ3v) is 3.50. The lowest BCUT2D eigenvalue weighted by atomic mass is 10.1. The number of esters is 1. The Bertz CT molecular complexity index is 774. The molecule has 0 spiro atoms. The molecule has 0 radical (unpaired) electrons. The van der Waals surface area contributed by atoms with Gasteiger partial charge in [-0.1, -0.05) is 12.1 Å². The number of carbonyl (C=O) groups excluding carboxylic acids is 1. The first kappa shape index (κ1) is 18.3. The molecule has 0 unspecified atom stereocenters. The van der Waals surface area contributed by atoms with E-state index in [1.165, 1.54) is 13.4 Å². The monoisotopic (exact) mass is 342 g/mol. The lowest BCUT2D eigenvalue weighted by Crippen LogP contribution is -2.27. The number of benzene rings is 1. The topological polar surface area (TPSA) is 67.8 Å². The molecule has 1 aromatic carbocycles. The molecule has 0 bridgehead atoms. The van der Waals surface area contributed by atoms with Crippen LogP contribution in [0.2, 0.25) is 0 Å². The molecule has 0 aliphatic carbocycles. The molecular formula is C18H22N4O3. The number of anilines is 1. The molecule has 1 aromatic heterocycles. The summed E-state index contributed by atoms with van der Waals surface area (Å²) in [5.41, 5.74) is 1.99. The predicted octanol–water partition coefficient (Wildman–Crippen LogP) is 2.16. The number of carbonyl (C=O) groups is 1. The second-order valence-corrected chi connectivity index (χ2v) is 5.52. The summed E-state index contributed by atoms with van der Waals surface area (Å²) in [6, 6.07) is 9.40. The molecule has 0 aliphatic heterocycles. The van der Waals surface area contributed by atoms with Crippen molar-refractivity contribution in [1.29, 1.82) is 0 Å². The zero-order valence-electron chi connectivity index (χ0n) is 15.1. The highest BCUT2D eigenvalue weighted by Crippen LogP contribution is 2.25. The third-order valence-electron chi connectivity index (χ3n) is 3.50. The molecule has 2 rings (SSSR count). The molecule has 7 heteroatoms. The predicted molar refractivity (Wildman–Crippen MR) is 96.2 cm³/mol. The summed E-state index contributed by atoms with van der Waals surface area (Å²) < 4.78 is 10.1. The van der Waals surface area contributed by atoms with Gasteiger partial charge in [0.1, 0.15) is 23.6 Å². The summed E-state index contributed by atoms with van der Waals surface area (Å²) in [5.74, 6) is 0.873. The summed E-state index contributed by atoms with van der Waals surface area (Å²) in [6.07, 6.45) is 3.14. The van der Waals surface area contributed by atoms with Gasteiger partial charge in [-0.3, -0.25) is 0 Å². The van der Waals surface area contributed by atoms with Crippen LogP contribution < -0.4 is 9.64 Å². The van der Waals surface area contributed by atoms with Crippen molar-refractivity contribution < 1.29 is 14.3 Å². The number of nitrogens with zero attached hydrogens (tertiary/aromatic N) is 4. The summed E-state index contributed by atoms with van der Waals surface area (Å²) in [5, 5.41) is 0. The molecule has 0 amide bonds. The van der Waals surface area contributed by atoms with Crippen LogP contribution in [0.3, 0.4) is 0 Å². The quantitative estimate of drug-likeness (QED) is 0.588. The van der Waals surface area contributed by atoms with Crippen LogP contribution >= 0.6 is 0 Å². The van der Waals surface area contributed by atoms with Gasteiger partial charge >= 0.3 is 5.97 Å². The van der Waals surface area contributed by atoms with E-state index in [1.54, 1.807) is 36.2 Å². The Morgan fingerprint density at radius 1 is 1.12 bits per heavy atom. The van der Waals surface area contributed by atoms with Crippen molar-refractivity contribution in [1.82, 2.24) is 14.9 Å². The lowest BCUT2D eigenvalue weighted by molar-refractivity contribution is -0.136. The fraction of sp³-hybridized carbons (Fsp3) is 0.278. The average molecular weight is 342 g/mol. The Kier molecular flexibility index (Phi) is 5.94. The Labute approximate surface area is 147 Å². The fourth-order valence-corrected chi connectivity index (χ4v) is 2.22. The first-order chi connectivity index (χ1) is 12.0. The molecule has 1 heterocycles. The highest BCUT2D eigenvalue weighted by molar-refractivity contribution is 5.92. The summed E-state index contributed by atoms with van der Waals surface area (Å²) in [6.45, 7) is 0. The largest absolute Gasteiger partial charge is 0.497 e. The molecule has 25 heavy (non-hydrogen) atoms. The number of likely N-dealkylation sites (N-methyl/N-ethyl adjacent to an activating group) is 1. The molecule has 2 aromatic rings. The first-order valence-electron chi connectivity index (χ1n) is 7.63. The molecular weight excluding hydrogens is 320 g/mol. The number of aromatic nitrogens is 2. The van der Waals surface area contributed by atoms with E-state index in [0.29, 0.717) is 11.5 Å². The maximum absolute atomic E-state index is 12.1. The van der Waals surface area contributed by atoms with Crippen molar-refractivity contribution in [2.24, 2.45) is 0 Å². The van der Waals surface area contributed by atoms with Crippen molar-refractivity contribution in [3.8, 4) is 17.0 Å². The average Bonchev–Trinajstić information content (AvgIpc) is 2.65. The van der Waals surface area contributed by atoms with Gasteiger partial charge in [-0.25, -0.2) is 14.8 Å². The van der Waals surface area contributed by atoms with Crippen LogP contribution in [0.25, 0.3) is 11.3 Å². The van der Waals surface area contributed by atoms with E-state index in [2.05, 4.69) is 9.97 Å². The van der Waals surface area contributed by atoms with Gasteiger partial charge in [-0.15, -0.1) is 0 Å². The van der Waals surface area contributed by atoms with Crippen molar-refractivity contribution in [3.05, 3.63) is 48.6 Å². The first-order valence-corrected chi connectivity index (χ1v) is 7.63. The van der Waals surface area contributed by atoms with Crippen LogP contribution in [0.5, 0.6) is 5.75 Å². The minimum absolute atomic E-state index is 0.364. The van der Waals surface area contributed by atoms with Gasteiger partial charge in [-0.2, -0.15) is 0 Å². The van der Waals surface area contributed by atoms with Crippen LogP contribution in [0.4, 0.5) is 5.82 Å². The Hall–Kier alpha value is -3.09. The van der Waals surface area contributed by atoms with Gasteiger partial charge in [-0.05, 0) is 12.1 Å². The normalized spacial score (nSPS) is 11.0. The van der Waals surface area contributed by atoms with Gasteiger partial charge in [0.15, 0.2) is 0 Å². The van der Waals surface area contributed by atoms with Crippen molar-refractivity contribution >= 4 is 11.8 Å². The summed E-state index contributed by atoms with van der Waals surface area (Å²) in [7, 11) is 8.38. The number of rotatable bonds is 6. The van der Waals surface area contributed by atoms with Crippen molar-refractivity contribution in [2.45, 2.75) is 0 Å². The smallest absolute Gasteiger partial charge is 0.356 e. The molecule has 132 valence electrons. The minimum Gasteiger partial charge on any atom is -0.497 e. The Morgan fingerprint density at radius 2 is 1.88 bits per heavy atom. The number of hydrogen-bond acceptors (Lipinski definition) is 7. The van der Waals surface area contributed by atoms with Crippen LogP contribution in [0.1, 0.15) is 0 Å². The SMILES string of the molecule is COC(=O)/C(=C\N(C)C)N(C)c1cc(-c2cccc(OC)c2)ncn1. The Morgan fingerprint density at radius 3 is 2.52 bits per heavy atom. The second-order valence-electron chi connectivity index (χ2n) is 5.52. The minimum atomic E-state index is -0.447. The van der Waals surface area contributed by atoms with E-state index in [9.17, 15) is 4.79 Å². The lowest BCUT2D eigenvalue weighted by Gasteiger charge is -2.21. The standard InChI is InChI=1S/C18H22N4O3/c1-21(2)11-16(18(23)25-5)22(3)17-10-15(19-12-20-17)13-7-6-8-14(9-13)24-4/h6-12H,1-5H3/b16-11+. The van der Waals surface area contributed by atoms with E-state index >= 15 is 0 Å². The van der Waals surface area contributed by atoms with E-state index in [-0.39, 0.29) is 0 Å². The highest BCUT2D eigenvalue weighted by Gasteiger charge is 2.18. The fourth-order valence-electron chi connectivity index (χ4n) is 2.22. The maximum atomic E-state index is 12.1. The van der Waals surface area contributed by atoms with E-state index in [4.69, 9.17) is 9.47 Å². The number of hydrogen-bond donors (Lipinski definition) is 0. The van der Waals surface area contributed by atoms with E-state index in [0.717, 1.165) is 17.0 Å². The maximum Gasteiger partial charge on any atom is 0.356 e. The van der Waals surface area contributed by atoms with Gasteiger partial charge in [0, 0.05) is 39.0 Å². The van der Waals surface area contributed by atoms with Crippen LogP contribution in [0, 0.1) is 0 Å². The van der Waals surface area contributed by atoms with Gasteiger partial charge in [0.05, 0.1) is 19.9 Å². The third kappa shape index (κ3) is 4.47. The van der Waals surface area contributed by atoms with Gasteiger partial charge in [0.2, 0.25) is 0 Å². The number of methoxy groups -OCH3 is 2. The summed E-state index contributed by atoms with van der Waals surface area (Å²) in [4.78, 5) is 24.1. The highest BCUT2D eigenvalue weighted by atomic mass is 16.5. The molecule has 0 atom stereocenters. The van der Waals surface area contributed by atoms with Crippen LogP contribution in [-0.2, 0) is 9.53 Å².